The van der Waals surface area contributed by atoms with E-state index in [-0.39, 0.29) is 37.2 Å². The number of para-hydroxylation sites is 2. The minimum absolute atomic E-state index is 0. The van der Waals surface area contributed by atoms with E-state index in [0.29, 0.717) is 18.0 Å². The second kappa shape index (κ2) is 12.0. The molecule has 8 heteroatoms. The van der Waals surface area contributed by atoms with Crippen molar-refractivity contribution in [1.29, 1.82) is 0 Å². The third-order valence-electron chi connectivity index (χ3n) is 4.53. The Kier molecular flexibility index (Phi) is 10.4. The van der Waals surface area contributed by atoms with Crippen LogP contribution < -0.4 is 14.4 Å². The van der Waals surface area contributed by atoms with E-state index in [4.69, 9.17) is 9.47 Å². The van der Waals surface area contributed by atoms with Crippen LogP contribution in [0.15, 0.2) is 48.5 Å². The quantitative estimate of drug-likeness (QED) is 0.727. The summed E-state index contributed by atoms with van der Waals surface area (Å²) in [6.07, 6.45) is -0.572. The first-order valence-corrected chi connectivity index (χ1v) is 8.82. The number of hydrogen-bond donors (Lipinski definition) is 1. The van der Waals surface area contributed by atoms with E-state index in [1.165, 1.54) is 12.1 Å². The van der Waals surface area contributed by atoms with Gasteiger partial charge >= 0.3 is 0 Å². The van der Waals surface area contributed by atoms with Gasteiger partial charge in [0.25, 0.3) is 0 Å². The van der Waals surface area contributed by atoms with Crippen LogP contribution in [0.2, 0.25) is 0 Å². The van der Waals surface area contributed by atoms with Crippen molar-refractivity contribution in [2.24, 2.45) is 0 Å². The fraction of sp³-hybridized carbons (Fsp3) is 0.400. The first-order chi connectivity index (χ1) is 12.7. The van der Waals surface area contributed by atoms with Gasteiger partial charge in [-0.15, -0.1) is 24.8 Å². The molecule has 5 nitrogen and oxygen atoms in total. The van der Waals surface area contributed by atoms with Crippen LogP contribution in [0.25, 0.3) is 0 Å². The van der Waals surface area contributed by atoms with Crippen molar-refractivity contribution in [2.45, 2.75) is 6.10 Å². The number of β-amino-alcohol motifs (C(OH)–C–C–N with tert-alkyl or cyclic N) is 1. The third-order valence-corrected chi connectivity index (χ3v) is 4.53. The summed E-state index contributed by atoms with van der Waals surface area (Å²) >= 11 is 0. The van der Waals surface area contributed by atoms with Gasteiger partial charge in [0.15, 0.2) is 11.5 Å². The van der Waals surface area contributed by atoms with Crippen LogP contribution in [-0.2, 0) is 0 Å². The Morgan fingerprint density at radius 2 is 1.57 bits per heavy atom. The first-order valence-electron chi connectivity index (χ1n) is 8.82. The molecule has 1 heterocycles. The van der Waals surface area contributed by atoms with E-state index in [9.17, 15) is 9.50 Å². The number of hydrogen-bond acceptors (Lipinski definition) is 5. The highest BCUT2D eigenvalue weighted by Gasteiger charge is 2.20. The van der Waals surface area contributed by atoms with Gasteiger partial charge in [-0.2, -0.15) is 0 Å². The van der Waals surface area contributed by atoms with Crippen LogP contribution in [-0.4, -0.2) is 62.6 Å². The molecule has 0 bridgehead atoms. The first kappa shape index (κ1) is 24.3. The van der Waals surface area contributed by atoms with Crippen LogP contribution in [0.4, 0.5) is 10.1 Å². The fourth-order valence-corrected chi connectivity index (χ4v) is 3.12. The third kappa shape index (κ3) is 6.71. The number of ether oxygens (including phenoxy) is 2. The number of piperazine rings is 1. The van der Waals surface area contributed by atoms with Crippen LogP contribution >= 0.6 is 24.8 Å². The highest BCUT2D eigenvalue weighted by Crippen LogP contribution is 2.25. The largest absolute Gasteiger partial charge is 0.493 e. The van der Waals surface area contributed by atoms with Crippen molar-refractivity contribution in [3.8, 4) is 11.5 Å². The molecule has 3 rings (SSSR count). The molecule has 0 saturated carbocycles. The van der Waals surface area contributed by atoms with E-state index >= 15 is 0 Å². The van der Waals surface area contributed by atoms with Crippen molar-refractivity contribution < 1.29 is 19.0 Å². The van der Waals surface area contributed by atoms with Gasteiger partial charge in [-0.1, -0.05) is 12.1 Å². The smallest absolute Gasteiger partial charge is 0.161 e. The van der Waals surface area contributed by atoms with Gasteiger partial charge < -0.3 is 19.5 Å². The summed E-state index contributed by atoms with van der Waals surface area (Å²) in [5, 5.41) is 10.3. The van der Waals surface area contributed by atoms with E-state index in [0.717, 1.165) is 31.9 Å². The molecule has 0 aromatic heterocycles. The molecule has 2 aromatic rings. The van der Waals surface area contributed by atoms with Gasteiger partial charge in [-0.05, 0) is 36.4 Å². The number of rotatable bonds is 7. The van der Waals surface area contributed by atoms with Crippen molar-refractivity contribution in [3.05, 3.63) is 54.3 Å². The molecule has 0 radical (unpaired) electrons. The molecule has 0 amide bonds. The predicted molar refractivity (Wildman–Crippen MR) is 114 cm³/mol. The Morgan fingerprint density at radius 1 is 0.964 bits per heavy atom. The van der Waals surface area contributed by atoms with Crippen LogP contribution in [0.5, 0.6) is 11.5 Å². The second-order valence-electron chi connectivity index (χ2n) is 6.38. The summed E-state index contributed by atoms with van der Waals surface area (Å²) in [5.74, 6) is 1.08. The number of nitrogens with zero attached hydrogens (tertiary/aromatic N) is 2. The Morgan fingerprint density at radius 3 is 2.18 bits per heavy atom. The average Bonchev–Trinajstić information content (AvgIpc) is 2.68. The molecule has 1 atom stereocenters. The maximum absolute atomic E-state index is 13.0. The number of aliphatic hydroxyl groups is 1. The van der Waals surface area contributed by atoms with Crippen molar-refractivity contribution >= 4 is 30.5 Å². The van der Waals surface area contributed by atoms with Crippen LogP contribution in [0.1, 0.15) is 0 Å². The molecule has 1 aliphatic heterocycles. The van der Waals surface area contributed by atoms with Crippen molar-refractivity contribution in [1.82, 2.24) is 4.90 Å². The molecule has 1 saturated heterocycles. The number of benzene rings is 2. The highest BCUT2D eigenvalue weighted by atomic mass is 35.5. The summed E-state index contributed by atoms with van der Waals surface area (Å²) in [5.41, 5.74) is 1.03. The average molecular weight is 433 g/mol. The van der Waals surface area contributed by atoms with Crippen LogP contribution in [0, 0.1) is 5.82 Å². The molecule has 1 N–H and O–H groups in total. The normalized spacial score (nSPS) is 15.2. The molecular weight excluding hydrogens is 406 g/mol. The SMILES string of the molecule is COc1ccccc1OCC(O)CN1CCN(c2ccc(F)cc2)CC1.Cl.Cl. The Hall–Kier alpha value is -1.73. The lowest BCUT2D eigenvalue weighted by atomic mass is 10.2. The molecule has 28 heavy (non-hydrogen) atoms. The molecule has 0 spiro atoms. The number of anilines is 1. The zero-order valence-electron chi connectivity index (χ0n) is 15.8. The zero-order valence-corrected chi connectivity index (χ0v) is 17.4. The molecule has 1 aliphatic rings. The highest BCUT2D eigenvalue weighted by molar-refractivity contribution is 5.85. The standard InChI is InChI=1S/C20H25FN2O3.2ClH/c1-25-19-4-2-3-5-20(19)26-15-18(24)14-22-10-12-23(13-11-22)17-8-6-16(21)7-9-17;;/h2-9,18,24H,10-15H2,1H3;2*1H. The monoisotopic (exact) mass is 432 g/mol. The number of halogens is 3. The lowest BCUT2D eigenvalue weighted by molar-refractivity contribution is 0.0653. The molecule has 1 fully saturated rings. The van der Waals surface area contributed by atoms with Gasteiger partial charge in [-0.25, -0.2) is 4.39 Å². The molecule has 1 unspecified atom stereocenters. The zero-order chi connectivity index (χ0) is 18.4. The van der Waals surface area contributed by atoms with Gasteiger partial charge in [0.2, 0.25) is 0 Å². The maximum atomic E-state index is 13.0. The molecule has 2 aromatic carbocycles. The minimum Gasteiger partial charge on any atom is -0.493 e. The second-order valence-corrected chi connectivity index (χ2v) is 6.38. The minimum atomic E-state index is -0.572. The Labute approximate surface area is 177 Å². The molecule has 0 aliphatic carbocycles. The van der Waals surface area contributed by atoms with E-state index < -0.39 is 6.10 Å². The van der Waals surface area contributed by atoms with Crippen molar-refractivity contribution in [3.63, 3.8) is 0 Å². The molecular formula is C20H27Cl2FN2O3. The van der Waals surface area contributed by atoms with Gasteiger partial charge in [-0.3, -0.25) is 4.90 Å². The number of methoxy groups -OCH3 is 1. The van der Waals surface area contributed by atoms with Crippen molar-refractivity contribution in [2.75, 3.05) is 51.3 Å². The summed E-state index contributed by atoms with van der Waals surface area (Å²) in [6, 6.07) is 14.0. The summed E-state index contributed by atoms with van der Waals surface area (Å²) in [6.45, 7) is 4.19. The Balaban J connectivity index is 0.00000196. The molecule has 156 valence electrons. The fourth-order valence-electron chi connectivity index (χ4n) is 3.12. The Bertz CT molecular complexity index is 698. The van der Waals surface area contributed by atoms with Gasteiger partial charge in [0, 0.05) is 38.4 Å². The lowest BCUT2D eigenvalue weighted by Crippen LogP contribution is -2.49. The van der Waals surface area contributed by atoms with Crippen LogP contribution in [0.3, 0.4) is 0 Å². The number of aliphatic hydroxyl groups excluding tert-OH is 1. The van der Waals surface area contributed by atoms with E-state index in [2.05, 4.69) is 9.80 Å². The summed E-state index contributed by atoms with van der Waals surface area (Å²) in [7, 11) is 1.60. The summed E-state index contributed by atoms with van der Waals surface area (Å²) in [4.78, 5) is 4.45. The van der Waals surface area contributed by atoms with E-state index in [1.54, 1.807) is 19.2 Å². The topological polar surface area (TPSA) is 45.2 Å². The lowest BCUT2D eigenvalue weighted by Gasteiger charge is -2.36. The maximum Gasteiger partial charge on any atom is 0.161 e. The van der Waals surface area contributed by atoms with Gasteiger partial charge in [0.05, 0.1) is 7.11 Å². The summed E-state index contributed by atoms with van der Waals surface area (Å²) < 4.78 is 24.0. The van der Waals surface area contributed by atoms with Gasteiger partial charge in [0.1, 0.15) is 18.5 Å². The van der Waals surface area contributed by atoms with E-state index in [1.807, 2.05) is 24.3 Å². The predicted octanol–water partition coefficient (Wildman–Crippen LogP) is 3.24.